The maximum atomic E-state index is 13.3. The van der Waals surface area contributed by atoms with Crippen LogP contribution in [-0.4, -0.2) is 91.9 Å². The van der Waals surface area contributed by atoms with Gasteiger partial charge in [-0.3, -0.25) is 14.7 Å². The molecule has 2 amide bonds. The summed E-state index contributed by atoms with van der Waals surface area (Å²) in [6.07, 6.45) is 1.08. The van der Waals surface area contributed by atoms with E-state index in [-0.39, 0.29) is 46.6 Å². The lowest BCUT2D eigenvalue weighted by Crippen LogP contribution is -2.39. The molecule has 0 aromatic heterocycles. The van der Waals surface area contributed by atoms with E-state index in [0.29, 0.717) is 25.5 Å². The molecule has 0 spiro atoms. The number of benzene rings is 2. The van der Waals surface area contributed by atoms with Crippen LogP contribution in [0.3, 0.4) is 0 Å². The van der Waals surface area contributed by atoms with Gasteiger partial charge in [-0.2, -0.15) is 4.31 Å². The Kier molecular flexibility index (Phi) is 10.2. The predicted octanol–water partition coefficient (Wildman–Crippen LogP) is 4.82. The summed E-state index contributed by atoms with van der Waals surface area (Å²) in [5.74, 6) is 0.322. The number of sulfonamides is 1. The topological polar surface area (TPSA) is 109 Å². The average molecular weight is 640 g/mol. The molecular formula is C29H36Cl2N4O6S. The highest BCUT2D eigenvalue weighted by Crippen LogP contribution is 2.36. The van der Waals surface area contributed by atoms with E-state index in [1.54, 1.807) is 13.1 Å². The molecule has 13 heteroatoms. The van der Waals surface area contributed by atoms with Gasteiger partial charge in [0.2, 0.25) is 15.9 Å². The molecule has 1 saturated carbocycles. The Morgan fingerprint density at radius 1 is 1.10 bits per heavy atom. The number of carbonyl (C=O) groups excluding carboxylic acids is 2. The summed E-state index contributed by atoms with van der Waals surface area (Å²) in [6, 6.07) is 11.9. The Morgan fingerprint density at radius 2 is 1.79 bits per heavy atom. The zero-order valence-corrected chi connectivity index (χ0v) is 26.5. The van der Waals surface area contributed by atoms with Crippen LogP contribution in [0.25, 0.3) is 0 Å². The lowest BCUT2D eigenvalue weighted by Gasteiger charge is -2.25. The van der Waals surface area contributed by atoms with Gasteiger partial charge in [-0.05, 0) is 51.3 Å². The predicted molar refractivity (Wildman–Crippen MR) is 161 cm³/mol. The number of likely N-dealkylation sites (N-methyl/N-ethyl adjacent to an activating group) is 1. The average Bonchev–Trinajstić information content (AvgIpc) is 3.63. The van der Waals surface area contributed by atoms with Crippen molar-refractivity contribution in [1.82, 2.24) is 14.1 Å². The molecule has 1 fully saturated rings. The van der Waals surface area contributed by atoms with Crippen molar-refractivity contribution in [2.45, 2.75) is 56.7 Å². The fourth-order valence-corrected chi connectivity index (χ4v) is 6.81. The van der Waals surface area contributed by atoms with Gasteiger partial charge in [0.1, 0.15) is 22.9 Å². The fraction of sp³-hybridized carbons (Fsp3) is 0.483. The highest BCUT2D eigenvalue weighted by Gasteiger charge is 2.39. The number of carbonyl (C=O) groups is 2. The molecule has 0 N–H and O–H groups in total. The molecule has 0 bridgehead atoms. The number of ether oxygens (including phenoxy) is 2. The van der Waals surface area contributed by atoms with E-state index in [0.717, 1.165) is 24.0 Å². The Labute approximate surface area is 257 Å². The third-order valence-electron chi connectivity index (χ3n) is 6.65. The van der Waals surface area contributed by atoms with E-state index >= 15 is 0 Å². The molecule has 0 atom stereocenters. The van der Waals surface area contributed by atoms with Gasteiger partial charge in [-0.1, -0.05) is 53.5 Å². The number of aliphatic imine (C=N–C) groups is 1. The third kappa shape index (κ3) is 8.02. The van der Waals surface area contributed by atoms with E-state index in [2.05, 4.69) is 4.99 Å². The van der Waals surface area contributed by atoms with Crippen LogP contribution in [-0.2, 0) is 30.8 Å². The quantitative estimate of drug-likeness (QED) is 0.327. The zero-order chi connectivity index (χ0) is 30.7. The number of hydrogen-bond donors (Lipinski definition) is 0. The van der Waals surface area contributed by atoms with Gasteiger partial charge in [0.25, 0.3) is 0 Å². The second-order valence-corrected chi connectivity index (χ2v) is 13.9. The van der Waals surface area contributed by atoms with E-state index < -0.39 is 21.7 Å². The lowest BCUT2D eigenvalue weighted by atomic mass is 10.1. The first-order valence-corrected chi connectivity index (χ1v) is 15.9. The van der Waals surface area contributed by atoms with Gasteiger partial charge >= 0.3 is 6.09 Å². The van der Waals surface area contributed by atoms with E-state index in [1.807, 2.05) is 45.0 Å². The van der Waals surface area contributed by atoms with E-state index in [9.17, 15) is 18.0 Å². The van der Waals surface area contributed by atoms with Gasteiger partial charge in [0.05, 0.1) is 29.7 Å². The maximum absolute atomic E-state index is 13.3. The molecule has 4 rings (SSSR count). The Balaban J connectivity index is 1.27. The SMILES string of the molecule is CN(Cc1ccc(C2=NCCN2C(=O)OC(C)(C)C)cc1)C(=O)COCCN(C1CC1)S(=O)(=O)c1cccc(Cl)c1Cl. The monoisotopic (exact) mass is 638 g/mol. The van der Waals surface area contributed by atoms with Crippen molar-refractivity contribution in [3.05, 3.63) is 63.6 Å². The van der Waals surface area contributed by atoms with Gasteiger partial charge < -0.3 is 14.4 Å². The second kappa shape index (κ2) is 13.3. The smallest absolute Gasteiger partial charge is 0.416 e. The standard InChI is InChI=1S/C29H36Cl2N4O6S/c1-29(2,3)41-28(37)34-15-14-32-27(34)21-10-8-20(9-11-21)18-33(4)25(36)19-40-17-16-35(22-12-13-22)42(38,39)24-7-5-6-23(30)26(24)31/h5-11,22H,12-19H2,1-4H3. The van der Waals surface area contributed by atoms with Crippen molar-refractivity contribution in [3.63, 3.8) is 0 Å². The number of halogens is 2. The summed E-state index contributed by atoms with van der Waals surface area (Å²) >= 11 is 12.2. The normalized spacial score (nSPS) is 15.6. The summed E-state index contributed by atoms with van der Waals surface area (Å²) in [5.41, 5.74) is 1.07. The molecule has 2 aromatic rings. The summed E-state index contributed by atoms with van der Waals surface area (Å²) in [4.78, 5) is 32.8. The maximum Gasteiger partial charge on any atom is 0.416 e. The molecule has 1 aliphatic carbocycles. The Bertz CT molecular complexity index is 1440. The Morgan fingerprint density at radius 3 is 2.43 bits per heavy atom. The van der Waals surface area contributed by atoms with Gasteiger partial charge in [0.15, 0.2) is 0 Å². The number of rotatable bonds is 11. The molecular weight excluding hydrogens is 603 g/mol. The minimum absolute atomic E-state index is 0.00725. The minimum Gasteiger partial charge on any atom is -0.443 e. The molecule has 1 aliphatic heterocycles. The fourth-order valence-electron chi connectivity index (χ4n) is 4.41. The molecule has 1 heterocycles. The highest BCUT2D eigenvalue weighted by atomic mass is 35.5. The number of amides is 2. The van der Waals surface area contributed by atoms with E-state index in [1.165, 1.54) is 26.2 Å². The summed E-state index contributed by atoms with van der Waals surface area (Å²) in [6.45, 7) is 6.74. The first-order valence-electron chi connectivity index (χ1n) is 13.7. The van der Waals surface area contributed by atoms with E-state index in [4.69, 9.17) is 32.7 Å². The third-order valence-corrected chi connectivity index (χ3v) is 9.58. The molecule has 2 aliphatic rings. The van der Waals surface area contributed by atoms with Crippen molar-refractivity contribution < 1.29 is 27.5 Å². The molecule has 228 valence electrons. The molecule has 0 unspecified atom stereocenters. The van der Waals surface area contributed by atoms with Crippen molar-refractivity contribution in [3.8, 4) is 0 Å². The number of nitrogens with zero attached hydrogens (tertiary/aromatic N) is 4. The van der Waals surface area contributed by atoms with Crippen LogP contribution < -0.4 is 0 Å². The van der Waals surface area contributed by atoms with Crippen LogP contribution in [0.4, 0.5) is 4.79 Å². The number of hydrogen-bond acceptors (Lipinski definition) is 7. The summed E-state index contributed by atoms with van der Waals surface area (Å²) < 4.78 is 39.0. The molecule has 2 aromatic carbocycles. The van der Waals surface area contributed by atoms with Crippen LogP contribution in [0, 0.1) is 0 Å². The first-order chi connectivity index (χ1) is 19.8. The van der Waals surface area contributed by atoms with Crippen molar-refractivity contribution >= 4 is 51.1 Å². The van der Waals surface area contributed by atoms with Gasteiger partial charge in [0, 0.05) is 31.7 Å². The van der Waals surface area contributed by atoms with Crippen LogP contribution in [0.5, 0.6) is 0 Å². The minimum atomic E-state index is -3.87. The van der Waals surface area contributed by atoms with Crippen molar-refractivity contribution in [2.24, 2.45) is 4.99 Å². The zero-order valence-electron chi connectivity index (χ0n) is 24.2. The first kappa shape index (κ1) is 32.2. The molecule has 0 saturated heterocycles. The number of amidine groups is 1. The summed E-state index contributed by atoms with van der Waals surface area (Å²) in [5, 5.41) is 0.162. The summed E-state index contributed by atoms with van der Waals surface area (Å²) in [7, 11) is -2.20. The van der Waals surface area contributed by atoms with Crippen LogP contribution >= 0.6 is 23.2 Å². The van der Waals surface area contributed by atoms with Gasteiger partial charge in [-0.15, -0.1) is 0 Å². The van der Waals surface area contributed by atoms with Crippen LogP contribution in [0.15, 0.2) is 52.4 Å². The lowest BCUT2D eigenvalue weighted by molar-refractivity contribution is -0.135. The second-order valence-electron chi connectivity index (χ2n) is 11.2. The largest absolute Gasteiger partial charge is 0.443 e. The van der Waals surface area contributed by atoms with Crippen LogP contribution in [0.1, 0.15) is 44.7 Å². The highest BCUT2D eigenvalue weighted by molar-refractivity contribution is 7.89. The Hall–Kier alpha value is -2.70. The van der Waals surface area contributed by atoms with Crippen molar-refractivity contribution in [2.75, 3.05) is 39.9 Å². The molecule has 10 nitrogen and oxygen atoms in total. The molecule has 0 radical (unpaired) electrons. The van der Waals surface area contributed by atoms with Crippen molar-refractivity contribution in [1.29, 1.82) is 0 Å². The van der Waals surface area contributed by atoms with Crippen LogP contribution in [0.2, 0.25) is 10.0 Å². The van der Waals surface area contributed by atoms with Gasteiger partial charge in [-0.25, -0.2) is 13.2 Å². The molecule has 42 heavy (non-hydrogen) atoms.